The van der Waals surface area contributed by atoms with E-state index in [1.165, 1.54) is 24.3 Å². The molecule has 0 fully saturated rings. The number of halogens is 1. The number of hydrogen-bond donors (Lipinski definition) is 2. The SMILES string of the molecule is Cc1ccccc1OCC(=O)NCC(=O)Nc1ccc(F)cc1. The highest BCUT2D eigenvalue weighted by molar-refractivity contribution is 5.94. The summed E-state index contributed by atoms with van der Waals surface area (Å²) in [5.41, 5.74) is 1.39. The fourth-order valence-corrected chi connectivity index (χ4v) is 1.83. The van der Waals surface area contributed by atoms with Gasteiger partial charge in [0.1, 0.15) is 11.6 Å². The molecule has 120 valence electrons. The van der Waals surface area contributed by atoms with Crippen LogP contribution in [0.25, 0.3) is 0 Å². The van der Waals surface area contributed by atoms with Crippen LogP contribution >= 0.6 is 0 Å². The van der Waals surface area contributed by atoms with Gasteiger partial charge in [-0.25, -0.2) is 4.39 Å². The van der Waals surface area contributed by atoms with Gasteiger partial charge in [-0.2, -0.15) is 0 Å². The maximum atomic E-state index is 12.7. The molecule has 0 bridgehead atoms. The fourth-order valence-electron chi connectivity index (χ4n) is 1.83. The van der Waals surface area contributed by atoms with E-state index in [0.29, 0.717) is 11.4 Å². The lowest BCUT2D eigenvalue weighted by Crippen LogP contribution is -2.35. The molecule has 2 rings (SSSR count). The van der Waals surface area contributed by atoms with E-state index in [4.69, 9.17) is 4.74 Å². The summed E-state index contributed by atoms with van der Waals surface area (Å²) in [4.78, 5) is 23.3. The molecule has 0 saturated heterocycles. The van der Waals surface area contributed by atoms with Crippen LogP contribution in [-0.2, 0) is 9.59 Å². The number of amides is 2. The smallest absolute Gasteiger partial charge is 0.258 e. The van der Waals surface area contributed by atoms with Crippen molar-refractivity contribution in [3.05, 3.63) is 59.9 Å². The Morgan fingerprint density at radius 2 is 1.74 bits per heavy atom. The molecule has 2 aromatic carbocycles. The van der Waals surface area contributed by atoms with Crippen molar-refractivity contribution in [3.63, 3.8) is 0 Å². The number of rotatable bonds is 6. The molecule has 0 aliphatic heterocycles. The zero-order valence-corrected chi connectivity index (χ0v) is 12.6. The third kappa shape index (κ3) is 5.43. The molecule has 0 atom stereocenters. The first-order valence-electron chi connectivity index (χ1n) is 7.05. The van der Waals surface area contributed by atoms with Crippen molar-refractivity contribution in [2.45, 2.75) is 6.92 Å². The largest absolute Gasteiger partial charge is 0.484 e. The quantitative estimate of drug-likeness (QED) is 0.859. The molecule has 5 nitrogen and oxygen atoms in total. The number of anilines is 1. The Morgan fingerprint density at radius 1 is 1.04 bits per heavy atom. The van der Waals surface area contributed by atoms with Crippen molar-refractivity contribution in [1.82, 2.24) is 5.32 Å². The first kappa shape index (κ1) is 16.5. The average Bonchev–Trinajstić information content (AvgIpc) is 2.54. The molecule has 0 saturated carbocycles. The zero-order valence-electron chi connectivity index (χ0n) is 12.6. The van der Waals surface area contributed by atoms with Gasteiger partial charge < -0.3 is 15.4 Å². The Morgan fingerprint density at radius 3 is 2.43 bits per heavy atom. The normalized spacial score (nSPS) is 10.0. The van der Waals surface area contributed by atoms with Gasteiger partial charge in [-0.1, -0.05) is 18.2 Å². The van der Waals surface area contributed by atoms with Gasteiger partial charge in [-0.15, -0.1) is 0 Å². The van der Waals surface area contributed by atoms with Gasteiger partial charge in [-0.05, 0) is 42.8 Å². The summed E-state index contributed by atoms with van der Waals surface area (Å²) in [6.45, 7) is 1.52. The minimum atomic E-state index is -0.402. The van der Waals surface area contributed by atoms with Gasteiger partial charge in [-0.3, -0.25) is 9.59 Å². The number of nitrogens with one attached hydrogen (secondary N) is 2. The summed E-state index contributed by atoms with van der Waals surface area (Å²) in [6, 6.07) is 12.7. The van der Waals surface area contributed by atoms with Crippen LogP contribution in [0, 0.1) is 12.7 Å². The van der Waals surface area contributed by atoms with Crippen LogP contribution in [-0.4, -0.2) is 25.0 Å². The number of carbonyl (C=O) groups excluding carboxylic acids is 2. The van der Waals surface area contributed by atoms with Crippen molar-refractivity contribution in [3.8, 4) is 5.75 Å². The number of ether oxygens (including phenoxy) is 1. The Hall–Kier alpha value is -2.89. The lowest BCUT2D eigenvalue weighted by Gasteiger charge is -2.09. The highest BCUT2D eigenvalue weighted by Crippen LogP contribution is 2.15. The van der Waals surface area contributed by atoms with Crippen LogP contribution < -0.4 is 15.4 Å². The molecule has 6 heteroatoms. The summed E-state index contributed by atoms with van der Waals surface area (Å²) >= 11 is 0. The Labute approximate surface area is 133 Å². The second kappa shape index (κ2) is 7.93. The highest BCUT2D eigenvalue weighted by Gasteiger charge is 2.07. The van der Waals surface area contributed by atoms with E-state index in [2.05, 4.69) is 10.6 Å². The van der Waals surface area contributed by atoms with Crippen LogP contribution in [0.4, 0.5) is 10.1 Å². The molecule has 0 spiro atoms. The van der Waals surface area contributed by atoms with E-state index in [9.17, 15) is 14.0 Å². The van der Waals surface area contributed by atoms with E-state index >= 15 is 0 Å². The Bertz CT molecular complexity index is 686. The fraction of sp³-hybridized carbons (Fsp3) is 0.176. The molecule has 0 radical (unpaired) electrons. The second-order valence-corrected chi connectivity index (χ2v) is 4.89. The third-order valence-corrected chi connectivity index (χ3v) is 3.03. The van der Waals surface area contributed by atoms with Gasteiger partial charge in [0.05, 0.1) is 6.54 Å². The highest BCUT2D eigenvalue weighted by atomic mass is 19.1. The number of aryl methyl sites for hydroxylation is 1. The molecule has 23 heavy (non-hydrogen) atoms. The van der Waals surface area contributed by atoms with Crippen LogP contribution in [0.5, 0.6) is 5.75 Å². The van der Waals surface area contributed by atoms with E-state index in [1.54, 1.807) is 6.07 Å². The van der Waals surface area contributed by atoms with E-state index in [0.717, 1.165) is 5.56 Å². The first-order chi connectivity index (χ1) is 11.0. The number of hydrogen-bond acceptors (Lipinski definition) is 3. The minimum absolute atomic E-state index is 0.172. The molecule has 0 unspecified atom stereocenters. The lowest BCUT2D eigenvalue weighted by molar-refractivity contribution is -0.125. The number of carbonyl (C=O) groups is 2. The Kier molecular flexibility index (Phi) is 5.68. The van der Waals surface area contributed by atoms with Crippen LogP contribution in [0.1, 0.15) is 5.56 Å². The molecular weight excluding hydrogens is 299 g/mol. The molecule has 0 aromatic heterocycles. The summed E-state index contributed by atoms with van der Waals surface area (Å²) in [6.07, 6.45) is 0. The topological polar surface area (TPSA) is 67.4 Å². The van der Waals surface area contributed by atoms with Crippen molar-refractivity contribution < 1.29 is 18.7 Å². The third-order valence-electron chi connectivity index (χ3n) is 3.03. The Balaban J connectivity index is 1.72. The minimum Gasteiger partial charge on any atom is -0.484 e. The van der Waals surface area contributed by atoms with Crippen LogP contribution in [0.3, 0.4) is 0 Å². The predicted molar refractivity (Wildman–Crippen MR) is 84.7 cm³/mol. The van der Waals surface area contributed by atoms with Gasteiger partial charge in [0.15, 0.2) is 6.61 Å². The van der Waals surface area contributed by atoms with E-state index in [-0.39, 0.29) is 19.0 Å². The number of benzene rings is 2. The molecular formula is C17H17FN2O3. The maximum Gasteiger partial charge on any atom is 0.258 e. The predicted octanol–water partition coefficient (Wildman–Crippen LogP) is 2.27. The van der Waals surface area contributed by atoms with Crippen molar-refractivity contribution in [2.75, 3.05) is 18.5 Å². The van der Waals surface area contributed by atoms with Crippen LogP contribution in [0.15, 0.2) is 48.5 Å². The van der Waals surface area contributed by atoms with Crippen molar-refractivity contribution in [2.24, 2.45) is 0 Å². The molecule has 0 aliphatic carbocycles. The summed E-state index contributed by atoms with van der Waals surface area (Å²) in [7, 11) is 0. The number of para-hydroxylation sites is 1. The average molecular weight is 316 g/mol. The monoisotopic (exact) mass is 316 g/mol. The standard InChI is InChI=1S/C17H17FN2O3/c1-12-4-2-3-5-15(12)23-11-17(22)19-10-16(21)20-14-8-6-13(18)7-9-14/h2-9H,10-11H2,1H3,(H,19,22)(H,20,21). The molecule has 0 heterocycles. The first-order valence-corrected chi connectivity index (χ1v) is 7.05. The molecule has 2 amide bonds. The summed E-state index contributed by atoms with van der Waals surface area (Å²) in [5, 5.41) is 5.00. The van der Waals surface area contributed by atoms with Gasteiger partial charge >= 0.3 is 0 Å². The van der Waals surface area contributed by atoms with E-state index in [1.807, 2.05) is 25.1 Å². The van der Waals surface area contributed by atoms with Gasteiger partial charge in [0.25, 0.3) is 5.91 Å². The van der Waals surface area contributed by atoms with Crippen molar-refractivity contribution in [1.29, 1.82) is 0 Å². The van der Waals surface area contributed by atoms with Crippen molar-refractivity contribution >= 4 is 17.5 Å². The zero-order chi connectivity index (χ0) is 16.7. The molecule has 2 N–H and O–H groups in total. The summed E-state index contributed by atoms with van der Waals surface area (Å²) in [5.74, 6) is -0.563. The lowest BCUT2D eigenvalue weighted by atomic mass is 10.2. The summed E-state index contributed by atoms with van der Waals surface area (Å²) < 4.78 is 18.1. The van der Waals surface area contributed by atoms with Gasteiger partial charge in [0.2, 0.25) is 5.91 Å². The molecule has 0 aliphatic rings. The second-order valence-electron chi connectivity index (χ2n) is 4.89. The van der Waals surface area contributed by atoms with Crippen LogP contribution in [0.2, 0.25) is 0 Å². The van der Waals surface area contributed by atoms with Gasteiger partial charge in [0, 0.05) is 5.69 Å². The maximum absolute atomic E-state index is 12.7. The molecule has 2 aromatic rings. The van der Waals surface area contributed by atoms with E-state index < -0.39 is 11.8 Å².